The van der Waals surface area contributed by atoms with Crippen molar-refractivity contribution in [3.05, 3.63) is 35.7 Å². The number of hydrogen-bond donors (Lipinski definition) is 1. The van der Waals surface area contributed by atoms with Gasteiger partial charge in [-0.3, -0.25) is 4.79 Å². The first-order valence-corrected chi connectivity index (χ1v) is 8.57. The van der Waals surface area contributed by atoms with E-state index >= 15 is 0 Å². The summed E-state index contributed by atoms with van der Waals surface area (Å²) in [6.07, 6.45) is 1.20. The molecule has 1 aliphatic rings. The molecular weight excluding hydrogens is 381 g/mol. The van der Waals surface area contributed by atoms with Crippen molar-refractivity contribution in [2.75, 3.05) is 36.8 Å². The minimum Gasteiger partial charge on any atom is -0.399 e. The number of rotatable bonds is 4. The minimum absolute atomic E-state index is 0. The number of benzene rings is 1. The Bertz CT molecular complexity index is 689. The largest absolute Gasteiger partial charge is 0.399 e. The van der Waals surface area contributed by atoms with E-state index in [0.717, 1.165) is 48.4 Å². The van der Waals surface area contributed by atoms with Gasteiger partial charge in [0.15, 0.2) is 0 Å². The van der Waals surface area contributed by atoms with Gasteiger partial charge in [0.2, 0.25) is 11.0 Å². The van der Waals surface area contributed by atoms with Crippen LogP contribution in [-0.2, 0) is 11.2 Å². The van der Waals surface area contributed by atoms with Gasteiger partial charge in [0.25, 0.3) is 0 Å². The van der Waals surface area contributed by atoms with Crippen LogP contribution in [0.15, 0.2) is 24.3 Å². The summed E-state index contributed by atoms with van der Waals surface area (Å²) in [6, 6.07) is 7.73. The normalized spacial score (nSPS) is 13.8. The predicted molar refractivity (Wildman–Crippen MR) is 107 cm³/mol. The van der Waals surface area contributed by atoms with Gasteiger partial charge in [-0.25, -0.2) is 4.98 Å². The quantitative estimate of drug-likeness (QED) is 0.793. The Hall–Kier alpha value is -1.57. The Kier molecular flexibility index (Phi) is 8.41. The maximum atomic E-state index is 12.4. The first kappa shape index (κ1) is 21.5. The van der Waals surface area contributed by atoms with Crippen molar-refractivity contribution in [2.24, 2.45) is 0 Å². The van der Waals surface area contributed by atoms with Gasteiger partial charge in [-0.15, -0.1) is 24.8 Å². The molecule has 6 nitrogen and oxygen atoms in total. The fraction of sp³-hybridized carbons (Fsp3) is 0.438. The van der Waals surface area contributed by atoms with E-state index in [1.807, 2.05) is 36.1 Å². The van der Waals surface area contributed by atoms with Crippen LogP contribution in [0.3, 0.4) is 0 Å². The van der Waals surface area contributed by atoms with Crippen LogP contribution < -0.4 is 10.6 Å². The highest BCUT2D eigenvalue weighted by Crippen LogP contribution is 2.19. The van der Waals surface area contributed by atoms with E-state index in [9.17, 15) is 4.79 Å². The molecule has 2 aromatic rings. The molecule has 1 aromatic carbocycles. The fourth-order valence-corrected chi connectivity index (χ4v) is 3.45. The van der Waals surface area contributed by atoms with E-state index in [-0.39, 0.29) is 30.7 Å². The SMILES string of the molecule is Cc1nsc(N2CCN(C(=O)CCc3ccccc3N)CC2)n1.Cl.Cl. The Morgan fingerprint density at radius 3 is 2.48 bits per heavy atom. The van der Waals surface area contributed by atoms with Crippen LogP contribution in [-0.4, -0.2) is 46.3 Å². The second-order valence-corrected chi connectivity index (χ2v) is 6.42. The van der Waals surface area contributed by atoms with Gasteiger partial charge in [0.05, 0.1) is 0 Å². The van der Waals surface area contributed by atoms with Gasteiger partial charge in [-0.1, -0.05) is 18.2 Å². The van der Waals surface area contributed by atoms with Gasteiger partial charge < -0.3 is 15.5 Å². The van der Waals surface area contributed by atoms with Gasteiger partial charge in [-0.2, -0.15) is 4.37 Å². The third-order valence-corrected chi connectivity index (χ3v) is 4.95. The number of piperazine rings is 1. The maximum absolute atomic E-state index is 12.4. The lowest BCUT2D eigenvalue weighted by Crippen LogP contribution is -2.48. The lowest BCUT2D eigenvalue weighted by atomic mass is 10.1. The Morgan fingerprint density at radius 2 is 1.88 bits per heavy atom. The number of halogens is 2. The van der Waals surface area contributed by atoms with Crippen molar-refractivity contribution < 1.29 is 4.79 Å². The average Bonchev–Trinajstić information content (AvgIpc) is 3.00. The number of hydrogen-bond acceptors (Lipinski definition) is 6. The van der Waals surface area contributed by atoms with Crippen LogP contribution in [0.25, 0.3) is 0 Å². The Balaban J connectivity index is 0.00000156. The van der Waals surface area contributed by atoms with E-state index in [1.165, 1.54) is 11.5 Å². The molecule has 0 radical (unpaired) electrons. The van der Waals surface area contributed by atoms with Crippen molar-refractivity contribution >= 4 is 53.1 Å². The molecule has 0 saturated carbocycles. The Labute approximate surface area is 164 Å². The molecule has 1 aromatic heterocycles. The molecule has 0 unspecified atom stereocenters. The zero-order valence-corrected chi connectivity index (χ0v) is 16.5. The number of carbonyl (C=O) groups is 1. The fourth-order valence-electron chi connectivity index (χ4n) is 2.72. The van der Waals surface area contributed by atoms with Crippen LogP contribution in [0.5, 0.6) is 0 Å². The molecule has 2 N–H and O–H groups in total. The van der Waals surface area contributed by atoms with E-state index in [4.69, 9.17) is 5.73 Å². The van der Waals surface area contributed by atoms with Crippen LogP contribution in [0.2, 0.25) is 0 Å². The van der Waals surface area contributed by atoms with Crippen LogP contribution >= 0.6 is 36.3 Å². The smallest absolute Gasteiger partial charge is 0.223 e. The molecular formula is C16H23Cl2N5OS. The monoisotopic (exact) mass is 403 g/mol. The molecule has 1 aliphatic heterocycles. The zero-order chi connectivity index (χ0) is 16.2. The van der Waals surface area contributed by atoms with Crippen LogP contribution in [0.4, 0.5) is 10.8 Å². The summed E-state index contributed by atoms with van der Waals surface area (Å²) >= 11 is 1.42. The second kappa shape index (κ2) is 9.79. The third-order valence-electron chi connectivity index (χ3n) is 4.08. The number of nitrogen functional groups attached to an aromatic ring is 1. The summed E-state index contributed by atoms with van der Waals surface area (Å²) < 4.78 is 4.21. The standard InChI is InChI=1S/C16H21N5OS.2ClH/c1-12-18-16(23-19-12)21-10-8-20(9-11-21)15(22)7-6-13-4-2-3-5-14(13)17;;/h2-5H,6-11,17H2,1H3;2*1H. The molecule has 1 saturated heterocycles. The number of para-hydroxylation sites is 1. The highest BCUT2D eigenvalue weighted by Gasteiger charge is 2.22. The van der Waals surface area contributed by atoms with Crippen molar-refractivity contribution in [3.8, 4) is 0 Å². The number of carbonyl (C=O) groups excluding carboxylic acids is 1. The van der Waals surface area contributed by atoms with E-state index < -0.39 is 0 Å². The summed E-state index contributed by atoms with van der Waals surface area (Å²) in [7, 11) is 0. The summed E-state index contributed by atoms with van der Waals surface area (Å²) in [5.74, 6) is 1.00. The third kappa shape index (κ3) is 5.45. The van der Waals surface area contributed by atoms with Gasteiger partial charge in [-0.05, 0) is 25.0 Å². The molecule has 0 aliphatic carbocycles. The van der Waals surface area contributed by atoms with E-state index in [0.29, 0.717) is 12.8 Å². The highest BCUT2D eigenvalue weighted by atomic mass is 35.5. The van der Waals surface area contributed by atoms with Crippen LogP contribution in [0, 0.1) is 6.92 Å². The van der Waals surface area contributed by atoms with Crippen molar-refractivity contribution in [3.63, 3.8) is 0 Å². The number of aryl methyl sites for hydroxylation is 2. The number of nitrogens with zero attached hydrogens (tertiary/aromatic N) is 4. The van der Waals surface area contributed by atoms with Crippen LogP contribution in [0.1, 0.15) is 17.8 Å². The topological polar surface area (TPSA) is 75.4 Å². The molecule has 0 spiro atoms. The summed E-state index contributed by atoms with van der Waals surface area (Å²) in [4.78, 5) is 20.9. The molecule has 138 valence electrons. The Morgan fingerprint density at radius 1 is 1.20 bits per heavy atom. The molecule has 1 amide bonds. The van der Waals surface area contributed by atoms with Gasteiger partial charge in [0, 0.05) is 49.8 Å². The number of amides is 1. The minimum atomic E-state index is 0. The average molecular weight is 404 g/mol. The second-order valence-electron chi connectivity index (χ2n) is 5.69. The van der Waals surface area contributed by atoms with Gasteiger partial charge in [0.1, 0.15) is 5.82 Å². The number of anilines is 2. The zero-order valence-electron chi connectivity index (χ0n) is 14.1. The molecule has 2 heterocycles. The van der Waals surface area contributed by atoms with Crippen molar-refractivity contribution in [1.82, 2.24) is 14.3 Å². The molecule has 3 rings (SSSR count). The van der Waals surface area contributed by atoms with E-state index in [2.05, 4.69) is 14.3 Å². The summed E-state index contributed by atoms with van der Waals surface area (Å²) in [5.41, 5.74) is 7.73. The molecule has 0 bridgehead atoms. The first-order chi connectivity index (χ1) is 11.1. The molecule has 1 fully saturated rings. The maximum Gasteiger partial charge on any atom is 0.223 e. The summed E-state index contributed by atoms with van der Waals surface area (Å²) in [5, 5.41) is 0.951. The van der Waals surface area contributed by atoms with Crippen molar-refractivity contribution in [1.29, 1.82) is 0 Å². The first-order valence-electron chi connectivity index (χ1n) is 7.80. The number of aromatic nitrogens is 2. The van der Waals surface area contributed by atoms with E-state index in [1.54, 1.807) is 0 Å². The lowest BCUT2D eigenvalue weighted by Gasteiger charge is -2.34. The lowest BCUT2D eigenvalue weighted by molar-refractivity contribution is -0.131. The predicted octanol–water partition coefficient (Wildman–Crippen LogP) is 2.55. The molecule has 0 atom stereocenters. The molecule has 9 heteroatoms. The summed E-state index contributed by atoms with van der Waals surface area (Å²) in [6.45, 7) is 5.00. The highest BCUT2D eigenvalue weighted by molar-refractivity contribution is 7.09. The van der Waals surface area contributed by atoms with Crippen molar-refractivity contribution in [2.45, 2.75) is 19.8 Å². The number of nitrogens with two attached hydrogens (primary N) is 1. The molecule has 25 heavy (non-hydrogen) atoms. The van der Waals surface area contributed by atoms with Gasteiger partial charge >= 0.3 is 0 Å².